The molecule has 0 saturated carbocycles. The number of nitrogens with zero attached hydrogens (tertiary/aromatic N) is 1. The van der Waals surface area contributed by atoms with E-state index in [0.717, 1.165) is 22.0 Å². The number of hydrogen-bond donors (Lipinski definition) is 2. The molecular formula is C26H20ClN3O2S. The van der Waals surface area contributed by atoms with Gasteiger partial charge in [0, 0.05) is 11.3 Å². The minimum absolute atomic E-state index is 0.289. The smallest absolute Gasteiger partial charge is 0.345 e. The zero-order valence-corrected chi connectivity index (χ0v) is 19.3. The predicted octanol–water partition coefficient (Wildman–Crippen LogP) is 6.34. The molecule has 0 radical (unpaired) electrons. The maximum Gasteiger partial charge on any atom is 0.345 e. The maximum absolute atomic E-state index is 12.7. The fourth-order valence-corrected chi connectivity index (χ4v) is 3.70. The molecule has 4 aromatic rings. The van der Waals surface area contributed by atoms with Gasteiger partial charge in [-0.3, -0.25) is 5.43 Å². The third-order valence-corrected chi connectivity index (χ3v) is 5.39. The molecule has 0 amide bonds. The summed E-state index contributed by atoms with van der Waals surface area (Å²) in [6, 6.07) is 26.0. The van der Waals surface area contributed by atoms with Crippen LogP contribution in [0.25, 0.3) is 10.8 Å². The molecule has 0 aliphatic carbocycles. The summed E-state index contributed by atoms with van der Waals surface area (Å²) in [7, 11) is 0. The normalized spacial score (nSPS) is 10.8. The SMILES string of the molecule is Cc1cccc(NC(=S)NN=Cc2c(OC(=O)c3ccccc3Cl)ccc3ccccc23)c1. The summed E-state index contributed by atoms with van der Waals surface area (Å²) in [5.74, 6) is -0.183. The van der Waals surface area contributed by atoms with Gasteiger partial charge in [-0.05, 0) is 65.8 Å². The Morgan fingerprint density at radius 3 is 2.61 bits per heavy atom. The van der Waals surface area contributed by atoms with Gasteiger partial charge in [-0.2, -0.15) is 5.10 Å². The lowest BCUT2D eigenvalue weighted by molar-refractivity contribution is 0.0735. The van der Waals surface area contributed by atoms with Crippen LogP contribution in [0.5, 0.6) is 5.75 Å². The van der Waals surface area contributed by atoms with Crippen molar-refractivity contribution >= 4 is 57.6 Å². The van der Waals surface area contributed by atoms with Crippen molar-refractivity contribution in [3.8, 4) is 5.75 Å². The van der Waals surface area contributed by atoms with Gasteiger partial charge >= 0.3 is 5.97 Å². The van der Waals surface area contributed by atoms with Crippen LogP contribution in [-0.4, -0.2) is 17.3 Å². The number of halogens is 1. The molecule has 0 aliphatic rings. The molecule has 33 heavy (non-hydrogen) atoms. The first kappa shape index (κ1) is 22.5. The van der Waals surface area contributed by atoms with E-state index in [1.807, 2.05) is 61.5 Å². The summed E-state index contributed by atoms with van der Waals surface area (Å²) in [4.78, 5) is 12.7. The molecular weight excluding hydrogens is 454 g/mol. The lowest BCUT2D eigenvalue weighted by Crippen LogP contribution is -2.23. The quantitative estimate of drug-likeness (QED) is 0.116. The van der Waals surface area contributed by atoms with Gasteiger partial charge in [-0.25, -0.2) is 4.79 Å². The van der Waals surface area contributed by atoms with Crippen LogP contribution >= 0.6 is 23.8 Å². The Morgan fingerprint density at radius 2 is 1.79 bits per heavy atom. The van der Waals surface area contributed by atoms with E-state index in [4.69, 9.17) is 28.6 Å². The number of hydrazone groups is 1. The third kappa shape index (κ3) is 5.55. The van der Waals surface area contributed by atoms with Crippen molar-refractivity contribution < 1.29 is 9.53 Å². The first-order valence-corrected chi connectivity index (χ1v) is 10.9. The Kier molecular flexibility index (Phi) is 6.98. The molecule has 0 heterocycles. The second-order valence-electron chi connectivity index (χ2n) is 7.26. The first-order valence-electron chi connectivity index (χ1n) is 10.2. The minimum Gasteiger partial charge on any atom is -0.422 e. The van der Waals surface area contributed by atoms with Gasteiger partial charge < -0.3 is 10.1 Å². The van der Waals surface area contributed by atoms with Gasteiger partial charge in [0.1, 0.15) is 5.75 Å². The Morgan fingerprint density at radius 1 is 1.00 bits per heavy atom. The van der Waals surface area contributed by atoms with E-state index in [9.17, 15) is 4.79 Å². The van der Waals surface area contributed by atoms with Gasteiger partial charge in [0.25, 0.3) is 0 Å². The number of carbonyl (C=O) groups excluding carboxylic acids is 1. The predicted molar refractivity (Wildman–Crippen MR) is 138 cm³/mol. The highest BCUT2D eigenvalue weighted by molar-refractivity contribution is 7.80. The van der Waals surface area contributed by atoms with Crippen LogP contribution in [0.4, 0.5) is 5.69 Å². The van der Waals surface area contributed by atoms with Crippen LogP contribution in [-0.2, 0) is 0 Å². The van der Waals surface area contributed by atoms with Crippen LogP contribution < -0.4 is 15.5 Å². The van der Waals surface area contributed by atoms with E-state index < -0.39 is 5.97 Å². The van der Waals surface area contributed by atoms with Crippen LogP contribution in [0, 0.1) is 6.92 Å². The monoisotopic (exact) mass is 473 g/mol. The maximum atomic E-state index is 12.7. The fourth-order valence-electron chi connectivity index (χ4n) is 3.32. The van der Waals surface area contributed by atoms with E-state index in [1.165, 1.54) is 0 Å². The van der Waals surface area contributed by atoms with Gasteiger partial charge in [-0.1, -0.05) is 66.2 Å². The standard InChI is InChI=1S/C26H20ClN3O2S/c1-17-7-6-9-19(15-17)29-26(33)30-28-16-22-20-10-3-2-8-18(20)13-14-24(22)32-25(31)21-11-4-5-12-23(21)27/h2-16H,1H3,(H2,29,30,33). The summed E-state index contributed by atoms with van der Waals surface area (Å²) in [6.45, 7) is 2.01. The van der Waals surface area contributed by atoms with Crippen molar-refractivity contribution in [1.29, 1.82) is 0 Å². The number of aryl methyl sites for hydroxylation is 1. The Labute approximate surface area is 202 Å². The van der Waals surface area contributed by atoms with Crippen LogP contribution in [0.1, 0.15) is 21.5 Å². The molecule has 0 aromatic heterocycles. The van der Waals surface area contributed by atoms with Crippen molar-refractivity contribution in [2.24, 2.45) is 5.10 Å². The molecule has 0 fully saturated rings. The molecule has 2 N–H and O–H groups in total. The number of rotatable bonds is 5. The molecule has 0 saturated heterocycles. The van der Waals surface area contributed by atoms with E-state index in [2.05, 4.69) is 15.8 Å². The van der Waals surface area contributed by atoms with E-state index in [-0.39, 0.29) is 5.56 Å². The summed E-state index contributed by atoms with van der Waals surface area (Å²) < 4.78 is 5.70. The zero-order chi connectivity index (χ0) is 23.2. The average molecular weight is 474 g/mol. The van der Waals surface area contributed by atoms with Gasteiger partial charge in [0.05, 0.1) is 16.8 Å². The Balaban J connectivity index is 1.58. The van der Waals surface area contributed by atoms with Crippen LogP contribution in [0.15, 0.2) is 90.0 Å². The second kappa shape index (κ2) is 10.3. The molecule has 0 bridgehead atoms. The topological polar surface area (TPSA) is 62.7 Å². The second-order valence-corrected chi connectivity index (χ2v) is 8.08. The van der Waals surface area contributed by atoms with Crippen LogP contribution in [0.2, 0.25) is 5.02 Å². The van der Waals surface area contributed by atoms with Crippen molar-refractivity contribution in [1.82, 2.24) is 5.43 Å². The molecule has 4 rings (SSSR count). The minimum atomic E-state index is -0.546. The van der Waals surface area contributed by atoms with E-state index >= 15 is 0 Å². The number of benzene rings is 4. The number of anilines is 1. The zero-order valence-electron chi connectivity index (χ0n) is 17.7. The van der Waals surface area contributed by atoms with Gasteiger partial charge in [0.2, 0.25) is 0 Å². The average Bonchev–Trinajstić information content (AvgIpc) is 2.80. The molecule has 164 valence electrons. The first-order chi connectivity index (χ1) is 16.0. The highest BCUT2D eigenvalue weighted by Crippen LogP contribution is 2.28. The van der Waals surface area contributed by atoms with E-state index in [0.29, 0.717) is 21.4 Å². The summed E-state index contributed by atoms with van der Waals surface area (Å²) >= 11 is 11.5. The molecule has 4 aromatic carbocycles. The number of thiocarbonyl (C=S) groups is 1. The van der Waals surface area contributed by atoms with Crippen molar-refractivity contribution in [2.75, 3.05) is 5.32 Å². The number of esters is 1. The molecule has 0 spiro atoms. The summed E-state index contributed by atoms with van der Waals surface area (Å²) in [6.07, 6.45) is 1.59. The Hall–Kier alpha value is -3.74. The lowest BCUT2D eigenvalue weighted by atomic mass is 10.0. The number of carbonyl (C=O) groups is 1. The number of hydrogen-bond acceptors (Lipinski definition) is 4. The molecule has 5 nitrogen and oxygen atoms in total. The third-order valence-electron chi connectivity index (χ3n) is 4.86. The van der Waals surface area contributed by atoms with Gasteiger partial charge in [-0.15, -0.1) is 0 Å². The van der Waals surface area contributed by atoms with Crippen molar-refractivity contribution in [2.45, 2.75) is 6.92 Å². The highest BCUT2D eigenvalue weighted by Gasteiger charge is 2.15. The largest absolute Gasteiger partial charge is 0.422 e. The summed E-state index contributed by atoms with van der Waals surface area (Å²) in [5.41, 5.74) is 5.72. The number of nitrogens with one attached hydrogen (secondary N) is 2. The molecule has 0 aliphatic heterocycles. The van der Waals surface area contributed by atoms with Gasteiger partial charge in [0.15, 0.2) is 5.11 Å². The van der Waals surface area contributed by atoms with Crippen molar-refractivity contribution in [3.05, 3.63) is 107 Å². The molecule has 7 heteroatoms. The summed E-state index contributed by atoms with van der Waals surface area (Å²) in [5, 5.41) is 9.89. The van der Waals surface area contributed by atoms with Crippen LogP contribution in [0.3, 0.4) is 0 Å². The van der Waals surface area contributed by atoms with E-state index in [1.54, 1.807) is 36.5 Å². The fraction of sp³-hybridized carbons (Fsp3) is 0.0385. The molecule has 0 atom stereocenters. The Bertz CT molecular complexity index is 1370. The number of ether oxygens (including phenoxy) is 1. The van der Waals surface area contributed by atoms with Crippen molar-refractivity contribution in [3.63, 3.8) is 0 Å². The molecule has 0 unspecified atom stereocenters. The number of fused-ring (bicyclic) bond motifs is 1. The highest BCUT2D eigenvalue weighted by atomic mass is 35.5. The lowest BCUT2D eigenvalue weighted by Gasteiger charge is -2.11.